The Bertz CT molecular complexity index is 798. The van der Waals surface area contributed by atoms with Crippen LogP contribution in [0.5, 0.6) is 5.75 Å². The minimum atomic E-state index is -0.998. The van der Waals surface area contributed by atoms with E-state index < -0.39 is 5.97 Å². The summed E-state index contributed by atoms with van der Waals surface area (Å²) >= 11 is 6.84. The summed E-state index contributed by atoms with van der Waals surface area (Å²) < 4.78 is 6.77. The number of rotatable bonds is 4. The molecule has 0 unspecified atom stereocenters. The minimum absolute atomic E-state index is 0.181. The highest BCUT2D eigenvalue weighted by molar-refractivity contribution is 9.11. The highest BCUT2D eigenvalue weighted by atomic mass is 79.9. The number of carbonyl (C=O) groups is 1. The summed E-state index contributed by atoms with van der Waals surface area (Å²) in [7, 11) is 1.57. The Hall–Kier alpha value is -2.10. The van der Waals surface area contributed by atoms with Crippen LogP contribution in [0.2, 0.25) is 0 Å². The number of carboxylic acid groups (broad SMARTS) is 1. The second kappa shape index (κ2) is 7.44. The first-order valence-electron chi connectivity index (χ1n) is 6.45. The van der Waals surface area contributed by atoms with Crippen molar-refractivity contribution in [3.8, 4) is 11.8 Å². The number of hydrogen-bond acceptors (Lipinski definition) is 3. The second-order valence-corrected chi connectivity index (χ2v) is 6.28. The van der Waals surface area contributed by atoms with Gasteiger partial charge in [0.15, 0.2) is 0 Å². The van der Waals surface area contributed by atoms with Gasteiger partial charge in [-0.05, 0) is 73.3 Å². The van der Waals surface area contributed by atoms with Crippen LogP contribution in [-0.2, 0) is 0 Å². The summed E-state index contributed by atoms with van der Waals surface area (Å²) in [5.41, 5.74) is 2.08. The van der Waals surface area contributed by atoms with Crippen LogP contribution in [0, 0.1) is 11.3 Å². The fraction of sp³-hybridized carbons (Fsp3) is 0.0588. The molecule has 0 heterocycles. The average molecular weight is 437 g/mol. The van der Waals surface area contributed by atoms with E-state index in [4.69, 9.17) is 9.84 Å². The van der Waals surface area contributed by atoms with Crippen molar-refractivity contribution in [2.45, 2.75) is 0 Å². The van der Waals surface area contributed by atoms with E-state index in [1.165, 1.54) is 12.1 Å². The van der Waals surface area contributed by atoms with Crippen LogP contribution in [0.15, 0.2) is 45.3 Å². The molecule has 0 aliphatic carbocycles. The number of carboxylic acids is 1. The number of allylic oxidation sites excluding steroid dienone is 1. The summed E-state index contributed by atoms with van der Waals surface area (Å²) in [5.74, 6) is -0.325. The van der Waals surface area contributed by atoms with Gasteiger partial charge in [-0.2, -0.15) is 5.26 Å². The van der Waals surface area contributed by atoms with Gasteiger partial charge in [0.05, 0.1) is 33.3 Å². The smallest absolute Gasteiger partial charge is 0.335 e. The molecule has 2 aromatic carbocycles. The zero-order valence-electron chi connectivity index (χ0n) is 12.0. The summed E-state index contributed by atoms with van der Waals surface area (Å²) in [4.78, 5) is 10.9. The Kier molecular flexibility index (Phi) is 5.59. The molecule has 2 aromatic rings. The Labute approximate surface area is 150 Å². The van der Waals surface area contributed by atoms with Crippen molar-refractivity contribution in [2.75, 3.05) is 7.11 Å². The summed E-state index contributed by atoms with van der Waals surface area (Å²) in [5, 5.41) is 18.3. The predicted molar refractivity (Wildman–Crippen MR) is 95.3 cm³/mol. The monoisotopic (exact) mass is 435 g/mol. The molecule has 0 aliphatic heterocycles. The molecular weight excluding hydrogens is 426 g/mol. The molecule has 4 nitrogen and oxygen atoms in total. The first-order valence-corrected chi connectivity index (χ1v) is 8.03. The van der Waals surface area contributed by atoms with Gasteiger partial charge in [-0.3, -0.25) is 0 Å². The number of methoxy groups -OCH3 is 1. The molecule has 6 heteroatoms. The molecule has 0 aromatic heterocycles. The normalized spacial score (nSPS) is 11.0. The lowest BCUT2D eigenvalue weighted by Crippen LogP contribution is -1.95. The van der Waals surface area contributed by atoms with Gasteiger partial charge in [0, 0.05) is 0 Å². The maximum absolute atomic E-state index is 10.9. The molecule has 2 rings (SSSR count). The van der Waals surface area contributed by atoms with Crippen molar-refractivity contribution >= 4 is 49.5 Å². The molecule has 0 aliphatic rings. The van der Waals surface area contributed by atoms with Gasteiger partial charge in [-0.15, -0.1) is 0 Å². The number of halogens is 2. The Morgan fingerprint density at radius 2 is 1.70 bits per heavy atom. The molecule has 116 valence electrons. The van der Waals surface area contributed by atoms with Crippen LogP contribution in [-0.4, -0.2) is 18.2 Å². The van der Waals surface area contributed by atoms with Gasteiger partial charge in [-0.25, -0.2) is 4.79 Å². The van der Waals surface area contributed by atoms with Crippen LogP contribution < -0.4 is 4.74 Å². The molecule has 0 atom stereocenters. The van der Waals surface area contributed by atoms with E-state index in [9.17, 15) is 10.1 Å². The Morgan fingerprint density at radius 3 is 2.13 bits per heavy atom. The summed E-state index contributed by atoms with van der Waals surface area (Å²) in [6.45, 7) is 0. The van der Waals surface area contributed by atoms with Gasteiger partial charge < -0.3 is 9.84 Å². The maximum atomic E-state index is 10.9. The van der Waals surface area contributed by atoms with Crippen LogP contribution >= 0.6 is 31.9 Å². The molecule has 0 fully saturated rings. The zero-order chi connectivity index (χ0) is 17.0. The van der Waals surface area contributed by atoms with E-state index in [2.05, 4.69) is 37.9 Å². The Morgan fingerprint density at radius 1 is 1.17 bits per heavy atom. The highest BCUT2D eigenvalue weighted by Gasteiger charge is 2.09. The van der Waals surface area contributed by atoms with Crippen LogP contribution in [0.25, 0.3) is 11.6 Å². The van der Waals surface area contributed by atoms with Crippen LogP contribution in [0.4, 0.5) is 0 Å². The average Bonchev–Trinajstić information content (AvgIpc) is 2.52. The molecule has 0 saturated carbocycles. The van der Waals surface area contributed by atoms with E-state index in [-0.39, 0.29) is 5.56 Å². The third-order valence-electron chi connectivity index (χ3n) is 3.10. The number of hydrogen-bond donors (Lipinski definition) is 1. The molecule has 0 amide bonds. The first-order chi connectivity index (χ1) is 11.0. The Balaban J connectivity index is 2.43. The molecule has 1 N–H and O–H groups in total. The number of benzene rings is 2. The van der Waals surface area contributed by atoms with Gasteiger partial charge >= 0.3 is 5.97 Å². The lowest BCUT2D eigenvalue weighted by Gasteiger charge is -2.08. The van der Waals surface area contributed by atoms with Gasteiger partial charge in [0.2, 0.25) is 0 Å². The summed E-state index contributed by atoms with van der Waals surface area (Å²) in [6.07, 6.45) is 1.73. The number of nitrogens with zero attached hydrogens (tertiary/aromatic N) is 1. The van der Waals surface area contributed by atoms with Gasteiger partial charge in [0.1, 0.15) is 5.75 Å². The van der Waals surface area contributed by atoms with E-state index in [1.807, 2.05) is 12.1 Å². The fourth-order valence-electron chi connectivity index (χ4n) is 2.00. The number of aromatic carboxylic acids is 1. The van der Waals surface area contributed by atoms with E-state index in [1.54, 1.807) is 25.3 Å². The molecular formula is C17H11Br2NO3. The minimum Gasteiger partial charge on any atom is -0.494 e. The van der Waals surface area contributed by atoms with Gasteiger partial charge in [0.25, 0.3) is 0 Å². The van der Waals surface area contributed by atoms with E-state index in [0.29, 0.717) is 16.9 Å². The lowest BCUT2D eigenvalue weighted by molar-refractivity contribution is 0.0697. The van der Waals surface area contributed by atoms with Gasteiger partial charge in [-0.1, -0.05) is 12.1 Å². The standard InChI is InChI=1S/C17H11Br2NO3/c1-23-16-14(18)7-10(8-15(16)19)6-13(9-20)11-2-4-12(5-3-11)17(21)22/h2-8H,1H3,(H,21,22). The number of ether oxygens (including phenoxy) is 1. The molecule has 0 radical (unpaired) electrons. The van der Waals surface area contributed by atoms with Crippen molar-refractivity contribution in [3.63, 3.8) is 0 Å². The molecule has 0 saturated heterocycles. The van der Waals surface area contributed by atoms with Crippen molar-refractivity contribution in [1.82, 2.24) is 0 Å². The fourth-order valence-corrected chi connectivity index (χ4v) is 3.54. The molecule has 0 spiro atoms. The lowest BCUT2D eigenvalue weighted by atomic mass is 10.0. The SMILES string of the molecule is COc1c(Br)cc(C=C(C#N)c2ccc(C(=O)O)cc2)cc1Br. The number of nitriles is 1. The zero-order valence-corrected chi connectivity index (χ0v) is 15.2. The predicted octanol–water partition coefficient (Wildman–Crippen LogP) is 4.98. The van der Waals surface area contributed by atoms with Crippen molar-refractivity contribution in [2.24, 2.45) is 0 Å². The molecule has 0 bridgehead atoms. The largest absolute Gasteiger partial charge is 0.494 e. The maximum Gasteiger partial charge on any atom is 0.335 e. The third kappa shape index (κ3) is 4.01. The quantitative estimate of drug-likeness (QED) is 0.541. The van der Waals surface area contributed by atoms with Crippen LogP contribution in [0.1, 0.15) is 21.5 Å². The van der Waals surface area contributed by atoms with Crippen LogP contribution in [0.3, 0.4) is 0 Å². The highest BCUT2D eigenvalue weighted by Crippen LogP contribution is 2.35. The van der Waals surface area contributed by atoms with Crippen molar-refractivity contribution in [3.05, 3.63) is 62.0 Å². The van der Waals surface area contributed by atoms with Crippen molar-refractivity contribution in [1.29, 1.82) is 5.26 Å². The second-order valence-electron chi connectivity index (χ2n) is 4.57. The van der Waals surface area contributed by atoms with E-state index in [0.717, 1.165) is 14.5 Å². The summed E-state index contributed by atoms with van der Waals surface area (Å²) in [6, 6.07) is 12.0. The van der Waals surface area contributed by atoms with E-state index >= 15 is 0 Å². The first kappa shape index (κ1) is 17.3. The molecule has 23 heavy (non-hydrogen) atoms. The topological polar surface area (TPSA) is 70.3 Å². The van der Waals surface area contributed by atoms with Crippen molar-refractivity contribution < 1.29 is 14.6 Å². The third-order valence-corrected chi connectivity index (χ3v) is 4.28.